The summed E-state index contributed by atoms with van der Waals surface area (Å²) in [5.74, 6) is 0.862. The molecule has 0 spiro atoms. The van der Waals surface area contributed by atoms with Crippen molar-refractivity contribution < 1.29 is 4.74 Å². The molecule has 1 aliphatic carbocycles. The van der Waals surface area contributed by atoms with Gasteiger partial charge < -0.3 is 15.4 Å². The summed E-state index contributed by atoms with van der Waals surface area (Å²) in [5, 5.41) is 9.10. The minimum Gasteiger partial charge on any atom is -0.495 e. The summed E-state index contributed by atoms with van der Waals surface area (Å²) in [6.07, 6.45) is 3.34. The van der Waals surface area contributed by atoms with E-state index in [0.29, 0.717) is 6.04 Å². The molecule has 0 aliphatic heterocycles. The Kier molecular flexibility index (Phi) is 4.56. The van der Waals surface area contributed by atoms with Gasteiger partial charge in [-0.3, -0.25) is 0 Å². The molecule has 20 heavy (non-hydrogen) atoms. The van der Waals surface area contributed by atoms with Gasteiger partial charge in [-0.15, -0.1) is 0 Å². The second-order valence-corrected chi connectivity index (χ2v) is 6.34. The van der Waals surface area contributed by atoms with Gasteiger partial charge in [-0.05, 0) is 43.9 Å². The van der Waals surface area contributed by atoms with Gasteiger partial charge in [0.2, 0.25) is 0 Å². The Morgan fingerprint density at radius 2 is 2.10 bits per heavy atom. The van der Waals surface area contributed by atoms with E-state index in [1.165, 1.54) is 0 Å². The SMILES string of the molecule is COc1ccc(Br)cc1N(C)C1CCC(N)(C#N)CC1. The molecule has 2 N–H and O–H groups in total. The van der Waals surface area contributed by atoms with Crippen LogP contribution in [0.1, 0.15) is 25.7 Å². The minimum absolute atomic E-state index is 0.392. The van der Waals surface area contributed by atoms with Gasteiger partial charge in [0.05, 0.1) is 18.9 Å². The smallest absolute Gasteiger partial charge is 0.142 e. The molecule has 0 amide bonds. The molecule has 0 radical (unpaired) electrons. The van der Waals surface area contributed by atoms with Crippen LogP contribution < -0.4 is 15.4 Å². The lowest BCUT2D eigenvalue weighted by Gasteiger charge is -2.38. The predicted molar refractivity (Wildman–Crippen MR) is 83.9 cm³/mol. The number of methoxy groups -OCH3 is 1. The highest BCUT2D eigenvalue weighted by atomic mass is 79.9. The van der Waals surface area contributed by atoms with Gasteiger partial charge in [0.25, 0.3) is 0 Å². The summed E-state index contributed by atoms with van der Waals surface area (Å²) >= 11 is 3.50. The van der Waals surface area contributed by atoms with E-state index in [1.807, 2.05) is 12.1 Å². The van der Waals surface area contributed by atoms with Crippen LogP contribution in [-0.2, 0) is 0 Å². The Bertz CT molecular complexity index is 518. The van der Waals surface area contributed by atoms with Gasteiger partial charge in [0, 0.05) is 17.6 Å². The van der Waals surface area contributed by atoms with Gasteiger partial charge in [-0.25, -0.2) is 0 Å². The standard InChI is InChI=1S/C15H20BrN3O/c1-19(12-5-7-15(18,10-17)8-6-12)13-9-11(16)3-4-14(13)20-2/h3-4,9,12H,5-8,18H2,1-2H3. The number of nitriles is 1. The molecule has 0 aromatic heterocycles. The number of hydrogen-bond donors (Lipinski definition) is 1. The molecule has 1 aromatic rings. The fourth-order valence-electron chi connectivity index (χ4n) is 2.75. The maximum Gasteiger partial charge on any atom is 0.142 e. The average molecular weight is 338 g/mol. The van der Waals surface area contributed by atoms with Gasteiger partial charge in [0.15, 0.2) is 0 Å². The first-order chi connectivity index (χ1) is 9.49. The van der Waals surface area contributed by atoms with Gasteiger partial charge in [-0.1, -0.05) is 15.9 Å². The molecule has 0 bridgehead atoms. The van der Waals surface area contributed by atoms with E-state index in [4.69, 9.17) is 15.7 Å². The zero-order chi connectivity index (χ0) is 14.8. The number of ether oxygens (including phenoxy) is 1. The molecule has 0 heterocycles. The zero-order valence-electron chi connectivity index (χ0n) is 11.9. The fourth-order valence-corrected chi connectivity index (χ4v) is 3.10. The topological polar surface area (TPSA) is 62.3 Å². The molecular weight excluding hydrogens is 318 g/mol. The quantitative estimate of drug-likeness (QED) is 0.920. The van der Waals surface area contributed by atoms with Crippen molar-refractivity contribution in [1.29, 1.82) is 5.26 Å². The van der Waals surface area contributed by atoms with Crippen molar-refractivity contribution in [2.75, 3.05) is 19.1 Å². The molecule has 4 nitrogen and oxygen atoms in total. The normalized spacial score (nSPS) is 25.9. The van der Waals surface area contributed by atoms with Crippen LogP contribution in [0.2, 0.25) is 0 Å². The highest BCUT2D eigenvalue weighted by Gasteiger charge is 2.33. The summed E-state index contributed by atoms with van der Waals surface area (Å²) < 4.78 is 6.46. The molecule has 1 fully saturated rings. The predicted octanol–water partition coefficient (Wildman–Crippen LogP) is 3.06. The summed E-state index contributed by atoms with van der Waals surface area (Å²) in [6.45, 7) is 0. The Morgan fingerprint density at radius 3 is 2.65 bits per heavy atom. The van der Waals surface area contributed by atoms with E-state index >= 15 is 0 Å². The largest absolute Gasteiger partial charge is 0.495 e. The van der Waals surface area contributed by atoms with Crippen molar-refractivity contribution in [2.45, 2.75) is 37.3 Å². The number of nitrogens with zero attached hydrogens (tertiary/aromatic N) is 2. The highest BCUT2D eigenvalue weighted by Crippen LogP contribution is 2.36. The van der Waals surface area contributed by atoms with Crippen LogP contribution in [0, 0.1) is 11.3 Å². The number of nitrogens with two attached hydrogens (primary N) is 1. The first-order valence-corrected chi connectivity index (χ1v) is 7.55. The number of rotatable bonds is 3. The summed E-state index contributed by atoms with van der Waals surface area (Å²) in [5.41, 5.74) is 6.45. The molecule has 0 atom stereocenters. The van der Waals surface area contributed by atoms with Crippen LogP contribution >= 0.6 is 15.9 Å². The lowest BCUT2D eigenvalue weighted by molar-refractivity contribution is 0.326. The average Bonchev–Trinajstić information content (AvgIpc) is 2.47. The van der Waals surface area contributed by atoms with Crippen molar-refractivity contribution in [1.82, 2.24) is 0 Å². The van der Waals surface area contributed by atoms with Crippen molar-refractivity contribution in [3.63, 3.8) is 0 Å². The molecule has 1 aromatic carbocycles. The lowest BCUT2D eigenvalue weighted by atomic mass is 9.80. The Labute approximate surface area is 128 Å². The van der Waals surface area contributed by atoms with Crippen molar-refractivity contribution in [3.05, 3.63) is 22.7 Å². The van der Waals surface area contributed by atoms with Crippen LogP contribution in [0.4, 0.5) is 5.69 Å². The second-order valence-electron chi connectivity index (χ2n) is 5.43. The maximum atomic E-state index is 9.10. The third-order valence-corrected chi connectivity index (χ3v) is 4.63. The fraction of sp³-hybridized carbons (Fsp3) is 0.533. The van der Waals surface area contributed by atoms with Crippen molar-refractivity contribution in [2.24, 2.45) is 5.73 Å². The summed E-state index contributed by atoms with van der Waals surface area (Å²) in [4.78, 5) is 2.24. The third kappa shape index (κ3) is 3.08. The van der Waals surface area contributed by atoms with Gasteiger partial charge in [0.1, 0.15) is 11.3 Å². The van der Waals surface area contributed by atoms with E-state index in [9.17, 15) is 0 Å². The first-order valence-electron chi connectivity index (χ1n) is 6.75. The maximum absolute atomic E-state index is 9.10. The van der Waals surface area contributed by atoms with Crippen LogP contribution in [0.25, 0.3) is 0 Å². The van der Waals surface area contributed by atoms with E-state index in [2.05, 4.69) is 40.0 Å². The van der Waals surface area contributed by atoms with E-state index in [-0.39, 0.29) is 0 Å². The molecule has 5 heteroatoms. The first kappa shape index (κ1) is 15.1. The van der Waals surface area contributed by atoms with Gasteiger partial charge >= 0.3 is 0 Å². The van der Waals surface area contributed by atoms with Crippen LogP contribution in [0.3, 0.4) is 0 Å². The number of halogens is 1. The van der Waals surface area contributed by atoms with Crippen LogP contribution in [-0.4, -0.2) is 25.7 Å². The summed E-state index contributed by atoms with van der Waals surface area (Å²) in [6, 6.07) is 8.62. The molecule has 108 valence electrons. The molecule has 0 unspecified atom stereocenters. The Hall–Kier alpha value is -1.25. The number of benzene rings is 1. The molecule has 1 saturated carbocycles. The molecule has 2 rings (SSSR count). The molecule has 0 saturated heterocycles. The zero-order valence-corrected chi connectivity index (χ0v) is 13.5. The minimum atomic E-state index is -0.640. The second kappa shape index (κ2) is 6.02. The van der Waals surface area contributed by atoms with Gasteiger partial charge in [-0.2, -0.15) is 5.26 Å². The number of hydrogen-bond acceptors (Lipinski definition) is 4. The van der Waals surface area contributed by atoms with E-state index in [1.54, 1.807) is 7.11 Å². The van der Waals surface area contributed by atoms with E-state index in [0.717, 1.165) is 41.6 Å². The van der Waals surface area contributed by atoms with E-state index < -0.39 is 5.54 Å². The number of anilines is 1. The van der Waals surface area contributed by atoms with Crippen molar-refractivity contribution >= 4 is 21.6 Å². The Morgan fingerprint density at radius 1 is 1.45 bits per heavy atom. The lowest BCUT2D eigenvalue weighted by Crippen LogP contribution is -2.46. The van der Waals surface area contributed by atoms with Crippen LogP contribution in [0.5, 0.6) is 5.75 Å². The van der Waals surface area contributed by atoms with Crippen molar-refractivity contribution in [3.8, 4) is 11.8 Å². The molecular formula is C15H20BrN3O. The highest BCUT2D eigenvalue weighted by molar-refractivity contribution is 9.10. The monoisotopic (exact) mass is 337 g/mol. The molecule has 1 aliphatic rings. The Balaban J connectivity index is 2.15. The summed E-state index contributed by atoms with van der Waals surface area (Å²) in [7, 11) is 3.76. The third-order valence-electron chi connectivity index (χ3n) is 4.14. The van der Waals surface area contributed by atoms with Crippen LogP contribution in [0.15, 0.2) is 22.7 Å².